The fourth-order valence-electron chi connectivity index (χ4n) is 8.73. The molecule has 0 aromatic rings. The van der Waals surface area contributed by atoms with Crippen LogP contribution < -0.4 is 5.73 Å². The van der Waals surface area contributed by atoms with E-state index in [9.17, 15) is 9.90 Å². The average molecular weight is 392 g/mol. The Morgan fingerprint density at radius 3 is 2.54 bits per heavy atom. The molecule has 4 nitrogen and oxygen atoms in total. The maximum Gasteiger partial charge on any atom is 0.221 e. The molecule has 0 aromatic carbocycles. The Balaban J connectivity index is 1.57. The van der Waals surface area contributed by atoms with Crippen molar-refractivity contribution in [2.75, 3.05) is 13.2 Å². The van der Waals surface area contributed by atoms with Gasteiger partial charge in [0.1, 0.15) is 0 Å². The topological polar surface area (TPSA) is 72.6 Å². The van der Waals surface area contributed by atoms with Crippen molar-refractivity contribution in [1.29, 1.82) is 0 Å². The highest BCUT2D eigenvalue weighted by molar-refractivity contribution is 5.78. The molecular weight excluding hydrogens is 350 g/mol. The Morgan fingerprint density at radius 2 is 1.86 bits per heavy atom. The number of carbonyl (C=O) groups is 1. The van der Waals surface area contributed by atoms with Gasteiger partial charge in [-0.3, -0.25) is 4.79 Å². The van der Waals surface area contributed by atoms with Gasteiger partial charge in [0.05, 0.1) is 12.2 Å². The van der Waals surface area contributed by atoms with Crippen molar-refractivity contribution in [1.82, 2.24) is 0 Å². The molecule has 4 rings (SSSR count). The molecule has 0 unspecified atom stereocenters. The molecule has 0 aliphatic heterocycles. The summed E-state index contributed by atoms with van der Waals surface area (Å²) < 4.78 is 5.64. The van der Waals surface area contributed by atoms with Gasteiger partial charge in [0.25, 0.3) is 0 Å². The molecule has 4 aliphatic carbocycles. The fraction of sp³-hybridized carbons (Fsp3) is 0.958. The summed E-state index contributed by atoms with van der Waals surface area (Å²) in [5.74, 6) is 2.81. The van der Waals surface area contributed by atoms with Gasteiger partial charge in [-0.1, -0.05) is 13.8 Å². The molecule has 4 saturated carbocycles. The summed E-state index contributed by atoms with van der Waals surface area (Å²) >= 11 is 0. The molecule has 0 saturated heterocycles. The number of rotatable bonds is 5. The third-order valence-corrected chi connectivity index (χ3v) is 10.1. The van der Waals surface area contributed by atoms with Crippen LogP contribution in [0.5, 0.6) is 0 Å². The molecule has 0 radical (unpaired) electrons. The predicted octanol–water partition coefficient (Wildman–Crippen LogP) is 4.29. The SMILES string of the molecule is CCOC[C@@]1(O)CC[C@@]2(CC)[C@H](CC[C@H]3[C@@H]4CC[C@H](C(N)=O)[C@@]4(C)CC[C@@H]32)C1. The Labute approximate surface area is 171 Å². The summed E-state index contributed by atoms with van der Waals surface area (Å²) in [5.41, 5.74) is 5.69. The summed E-state index contributed by atoms with van der Waals surface area (Å²) in [6.07, 6.45) is 11.3. The van der Waals surface area contributed by atoms with Crippen LogP contribution in [0.1, 0.15) is 85.0 Å². The van der Waals surface area contributed by atoms with E-state index in [1.165, 1.54) is 32.1 Å². The first-order chi connectivity index (χ1) is 13.3. The van der Waals surface area contributed by atoms with Crippen LogP contribution in [-0.2, 0) is 9.53 Å². The second-order valence-electron chi connectivity index (χ2n) is 10.9. The number of nitrogens with two attached hydrogens (primary N) is 1. The number of amides is 1. The second-order valence-corrected chi connectivity index (χ2v) is 10.9. The van der Waals surface area contributed by atoms with E-state index in [0.717, 1.165) is 43.9 Å². The standard InChI is InChI=1S/C24H41NO3/c1-4-24-13-12-23(27,15-28-5-2)14-16(24)6-7-17-18-8-9-20(21(25)26)22(18,3)11-10-19(17)24/h16-20,27H,4-15H2,1-3H3,(H2,25,26)/t16-,17+,18+,19+,20-,22+,23-,24+/m1/s1. The zero-order valence-corrected chi connectivity index (χ0v) is 18.2. The Hall–Kier alpha value is -0.610. The first-order valence-corrected chi connectivity index (χ1v) is 11.9. The molecular formula is C24H41NO3. The highest BCUT2D eigenvalue weighted by atomic mass is 16.5. The van der Waals surface area contributed by atoms with Gasteiger partial charge in [-0.05, 0) is 106 Å². The van der Waals surface area contributed by atoms with Crippen LogP contribution in [0, 0.1) is 40.4 Å². The lowest BCUT2D eigenvalue weighted by molar-refractivity contribution is -0.173. The van der Waals surface area contributed by atoms with Crippen LogP contribution in [0.3, 0.4) is 0 Å². The molecule has 160 valence electrons. The van der Waals surface area contributed by atoms with Crippen LogP contribution in [0.15, 0.2) is 0 Å². The van der Waals surface area contributed by atoms with Crippen molar-refractivity contribution < 1.29 is 14.6 Å². The van der Waals surface area contributed by atoms with Gasteiger partial charge in [-0.2, -0.15) is 0 Å². The zero-order chi connectivity index (χ0) is 20.2. The molecule has 4 heteroatoms. The number of ether oxygens (including phenoxy) is 1. The third-order valence-electron chi connectivity index (χ3n) is 10.1. The molecule has 1 amide bonds. The van der Waals surface area contributed by atoms with E-state index in [1.807, 2.05) is 6.92 Å². The molecule has 3 N–H and O–H groups in total. The molecule has 0 aromatic heterocycles. The van der Waals surface area contributed by atoms with Gasteiger partial charge < -0.3 is 15.6 Å². The molecule has 0 spiro atoms. The number of fused-ring (bicyclic) bond motifs is 5. The highest BCUT2D eigenvalue weighted by Crippen LogP contribution is 2.68. The van der Waals surface area contributed by atoms with E-state index in [1.54, 1.807) is 0 Å². The van der Waals surface area contributed by atoms with Gasteiger partial charge in [0, 0.05) is 12.5 Å². The Morgan fingerprint density at radius 1 is 1.07 bits per heavy atom. The van der Waals surface area contributed by atoms with Crippen LogP contribution in [-0.4, -0.2) is 29.8 Å². The highest BCUT2D eigenvalue weighted by Gasteiger charge is 2.62. The number of hydrogen-bond donors (Lipinski definition) is 2. The maximum absolute atomic E-state index is 12.1. The number of hydrogen-bond acceptors (Lipinski definition) is 3. The van der Waals surface area contributed by atoms with Crippen molar-refractivity contribution in [3.63, 3.8) is 0 Å². The minimum atomic E-state index is -0.625. The van der Waals surface area contributed by atoms with Gasteiger partial charge in [-0.25, -0.2) is 0 Å². The van der Waals surface area contributed by atoms with Crippen LogP contribution in [0.4, 0.5) is 0 Å². The van der Waals surface area contributed by atoms with Gasteiger partial charge in [0.2, 0.25) is 5.91 Å². The summed E-state index contributed by atoms with van der Waals surface area (Å²) in [5, 5.41) is 11.2. The van der Waals surface area contributed by atoms with Crippen molar-refractivity contribution in [2.45, 2.75) is 90.6 Å². The molecule has 4 aliphatic rings. The zero-order valence-electron chi connectivity index (χ0n) is 18.2. The predicted molar refractivity (Wildman–Crippen MR) is 110 cm³/mol. The van der Waals surface area contributed by atoms with E-state index < -0.39 is 5.60 Å². The van der Waals surface area contributed by atoms with Gasteiger partial charge in [0.15, 0.2) is 0 Å². The lowest BCUT2D eigenvalue weighted by Gasteiger charge is -2.63. The van der Waals surface area contributed by atoms with Gasteiger partial charge >= 0.3 is 0 Å². The minimum Gasteiger partial charge on any atom is -0.387 e. The van der Waals surface area contributed by atoms with Crippen molar-refractivity contribution in [2.24, 2.45) is 46.2 Å². The largest absolute Gasteiger partial charge is 0.387 e. The smallest absolute Gasteiger partial charge is 0.221 e. The average Bonchev–Trinajstić information content (AvgIpc) is 3.03. The quantitative estimate of drug-likeness (QED) is 0.734. The van der Waals surface area contributed by atoms with Gasteiger partial charge in [-0.15, -0.1) is 0 Å². The van der Waals surface area contributed by atoms with E-state index in [4.69, 9.17) is 10.5 Å². The molecule has 0 heterocycles. The summed E-state index contributed by atoms with van der Waals surface area (Å²) in [4.78, 5) is 12.1. The first kappa shape index (κ1) is 20.7. The third kappa shape index (κ3) is 2.96. The Bertz CT molecular complexity index is 609. The van der Waals surface area contributed by atoms with Crippen molar-refractivity contribution >= 4 is 5.91 Å². The minimum absolute atomic E-state index is 0.0685. The summed E-state index contributed by atoms with van der Waals surface area (Å²) in [7, 11) is 0. The van der Waals surface area contributed by atoms with Crippen molar-refractivity contribution in [3.8, 4) is 0 Å². The molecule has 28 heavy (non-hydrogen) atoms. The Kier molecular flexibility index (Phi) is 5.36. The van der Waals surface area contributed by atoms with E-state index in [-0.39, 0.29) is 17.2 Å². The fourth-order valence-corrected chi connectivity index (χ4v) is 8.73. The molecule has 4 fully saturated rings. The number of carbonyl (C=O) groups excluding carboxylic acids is 1. The summed E-state index contributed by atoms with van der Waals surface area (Å²) in [6.45, 7) is 7.93. The monoisotopic (exact) mass is 391 g/mol. The molecule has 8 atom stereocenters. The van der Waals surface area contributed by atoms with E-state index in [0.29, 0.717) is 30.5 Å². The van der Waals surface area contributed by atoms with Crippen LogP contribution >= 0.6 is 0 Å². The number of primary amides is 1. The van der Waals surface area contributed by atoms with E-state index in [2.05, 4.69) is 13.8 Å². The van der Waals surface area contributed by atoms with E-state index >= 15 is 0 Å². The first-order valence-electron chi connectivity index (χ1n) is 11.9. The normalized spacial score (nSPS) is 50.5. The lowest BCUT2D eigenvalue weighted by Crippen LogP contribution is -2.58. The molecule has 0 bridgehead atoms. The van der Waals surface area contributed by atoms with Crippen molar-refractivity contribution in [3.05, 3.63) is 0 Å². The maximum atomic E-state index is 12.1. The van der Waals surface area contributed by atoms with Crippen LogP contribution in [0.25, 0.3) is 0 Å². The second kappa shape index (κ2) is 7.27. The number of aliphatic hydroxyl groups is 1. The summed E-state index contributed by atoms with van der Waals surface area (Å²) in [6, 6.07) is 0. The lowest BCUT2D eigenvalue weighted by atomic mass is 9.42. The van der Waals surface area contributed by atoms with Crippen LogP contribution in [0.2, 0.25) is 0 Å².